The van der Waals surface area contributed by atoms with Crippen LogP contribution < -0.4 is 5.73 Å². The van der Waals surface area contributed by atoms with E-state index >= 15 is 0 Å². The Morgan fingerprint density at radius 3 is 2.62 bits per heavy atom. The first-order chi connectivity index (χ1) is 6.07. The second-order valence-corrected chi connectivity index (χ2v) is 2.66. The molecule has 1 aromatic rings. The lowest BCUT2D eigenvalue weighted by Crippen LogP contribution is -2.06. The van der Waals surface area contributed by atoms with Gasteiger partial charge in [-0.3, -0.25) is 0 Å². The lowest BCUT2D eigenvalue weighted by molar-refractivity contribution is 0.145. The molecular weight excluding hydrogens is 205 g/mol. The van der Waals surface area contributed by atoms with Crippen molar-refractivity contribution in [1.29, 1.82) is 0 Å². The highest BCUT2D eigenvalue weighted by Gasteiger charge is 2.20. The van der Waals surface area contributed by atoms with Crippen LogP contribution in [-0.4, -0.2) is 4.98 Å². The van der Waals surface area contributed by atoms with E-state index in [-0.39, 0.29) is 12.1 Å². The summed E-state index contributed by atoms with van der Waals surface area (Å²) in [6, 6.07) is 0. The second-order valence-electron chi connectivity index (χ2n) is 2.31. The van der Waals surface area contributed by atoms with Crippen molar-refractivity contribution in [1.82, 2.24) is 4.98 Å². The van der Waals surface area contributed by atoms with Gasteiger partial charge in [-0.1, -0.05) is 11.6 Å². The normalized spacial score (nSPS) is 10.9. The van der Waals surface area contributed by atoms with E-state index in [0.29, 0.717) is 0 Å². The van der Waals surface area contributed by atoms with Gasteiger partial charge in [0.15, 0.2) is 11.0 Å². The Balaban J connectivity index is 3.32. The van der Waals surface area contributed by atoms with E-state index in [2.05, 4.69) is 4.98 Å². The number of alkyl halides is 2. The molecule has 0 amide bonds. The molecule has 0 atom stereocenters. The van der Waals surface area contributed by atoms with Crippen LogP contribution in [0.2, 0.25) is 5.15 Å². The number of hydrogen-bond donors (Lipinski definition) is 1. The second kappa shape index (κ2) is 3.93. The van der Waals surface area contributed by atoms with Crippen molar-refractivity contribution in [2.24, 2.45) is 5.73 Å². The van der Waals surface area contributed by atoms with Crippen LogP contribution in [0.15, 0.2) is 6.20 Å². The van der Waals surface area contributed by atoms with E-state index in [1.807, 2.05) is 0 Å². The number of rotatable bonds is 2. The quantitative estimate of drug-likeness (QED) is 0.761. The Morgan fingerprint density at radius 1 is 1.54 bits per heavy atom. The molecule has 0 bridgehead atoms. The molecular formula is C7H6ClF3N2. The average molecular weight is 211 g/mol. The lowest BCUT2D eigenvalue weighted by atomic mass is 10.1. The lowest BCUT2D eigenvalue weighted by Gasteiger charge is -2.07. The number of pyridine rings is 1. The molecule has 13 heavy (non-hydrogen) atoms. The number of nitrogens with two attached hydrogens (primary N) is 1. The van der Waals surface area contributed by atoms with Crippen LogP contribution in [0.3, 0.4) is 0 Å². The van der Waals surface area contributed by atoms with Crippen molar-refractivity contribution in [2.45, 2.75) is 13.0 Å². The number of nitrogens with zero attached hydrogens (tertiary/aromatic N) is 1. The Hall–Kier alpha value is -0.810. The minimum absolute atomic E-state index is 0.0306. The molecule has 6 heteroatoms. The van der Waals surface area contributed by atoms with E-state index < -0.39 is 23.0 Å². The van der Waals surface area contributed by atoms with Crippen LogP contribution in [0.1, 0.15) is 17.6 Å². The Bertz CT molecular complexity index is 317. The van der Waals surface area contributed by atoms with Crippen molar-refractivity contribution >= 4 is 11.6 Å². The molecule has 0 aromatic carbocycles. The molecule has 0 saturated heterocycles. The van der Waals surface area contributed by atoms with Gasteiger partial charge in [0.2, 0.25) is 0 Å². The summed E-state index contributed by atoms with van der Waals surface area (Å²) in [4.78, 5) is 3.37. The highest BCUT2D eigenvalue weighted by Crippen LogP contribution is 2.28. The fraction of sp³-hybridized carbons (Fsp3) is 0.286. The van der Waals surface area contributed by atoms with Crippen molar-refractivity contribution in [2.75, 3.05) is 0 Å². The minimum Gasteiger partial charge on any atom is -0.326 e. The molecule has 0 aliphatic heterocycles. The summed E-state index contributed by atoms with van der Waals surface area (Å²) in [5, 5.41) is -0.562. The summed E-state index contributed by atoms with van der Waals surface area (Å²) < 4.78 is 37.5. The zero-order chi connectivity index (χ0) is 10.0. The largest absolute Gasteiger partial charge is 0.326 e. The van der Waals surface area contributed by atoms with Crippen LogP contribution in [0, 0.1) is 5.82 Å². The Kier molecular flexibility index (Phi) is 3.11. The van der Waals surface area contributed by atoms with Gasteiger partial charge in [0.05, 0.1) is 5.56 Å². The highest BCUT2D eigenvalue weighted by molar-refractivity contribution is 6.29. The highest BCUT2D eigenvalue weighted by atomic mass is 35.5. The molecule has 0 aliphatic rings. The maximum Gasteiger partial charge on any atom is 0.267 e. The monoisotopic (exact) mass is 210 g/mol. The topological polar surface area (TPSA) is 38.9 Å². The van der Waals surface area contributed by atoms with E-state index in [0.717, 1.165) is 6.20 Å². The summed E-state index contributed by atoms with van der Waals surface area (Å²) in [5.74, 6) is -1.19. The van der Waals surface area contributed by atoms with Gasteiger partial charge in [0.25, 0.3) is 6.43 Å². The molecule has 2 N–H and O–H groups in total. The standard InChI is InChI=1S/C7H6ClF3N2/c8-6-5(9)4(7(10)11)3(1-12)2-13-6/h2,7H,1,12H2. The van der Waals surface area contributed by atoms with Gasteiger partial charge >= 0.3 is 0 Å². The zero-order valence-electron chi connectivity index (χ0n) is 6.40. The zero-order valence-corrected chi connectivity index (χ0v) is 7.15. The van der Waals surface area contributed by atoms with Gasteiger partial charge in [-0.25, -0.2) is 18.2 Å². The van der Waals surface area contributed by atoms with Crippen molar-refractivity contribution in [3.8, 4) is 0 Å². The van der Waals surface area contributed by atoms with Crippen molar-refractivity contribution < 1.29 is 13.2 Å². The summed E-state index contributed by atoms with van der Waals surface area (Å²) >= 11 is 5.23. The summed E-state index contributed by atoms with van der Waals surface area (Å²) in [6.45, 7) is -0.194. The summed E-state index contributed by atoms with van der Waals surface area (Å²) in [6.07, 6.45) is -1.88. The SMILES string of the molecule is NCc1cnc(Cl)c(F)c1C(F)F. The molecule has 1 aromatic heterocycles. The van der Waals surface area contributed by atoms with E-state index in [9.17, 15) is 13.2 Å². The van der Waals surface area contributed by atoms with Crippen LogP contribution in [-0.2, 0) is 6.54 Å². The molecule has 2 nitrogen and oxygen atoms in total. The third-order valence-corrected chi connectivity index (χ3v) is 1.80. The fourth-order valence-electron chi connectivity index (χ4n) is 0.911. The van der Waals surface area contributed by atoms with Gasteiger partial charge < -0.3 is 5.73 Å². The van der Waals surface area contributed by atoms with E-state index in [1.165, 1.54) is 0 Å². The number of halogens is 4. The molecule has 0 radical (unpaired) electrons. The maximum absolute atomic E-state index is 13.0. The number of hydrogen-bond acceptors (Lipinski definition) is 2. The molecule has 0 fully saturated rings. The van der Waals surface area contributed by atoms with Crippen LogP contribution >= 0.6 is 11.6 Å². The van der Waals surface area contributed by atoms with Crippen LogP contribution in [0.5, 0.6) is 0 Å². The van der Waals surface area contributed by atoms with Crippen molar-refractivity contribution in [3.63, 3.8) is 0 Å². The average Bonchev–Trinajstić information content (AvgIpc) is 2.08. The van der Waals surface area contributed by atoms with Gasteiger partial charge in [-0.05, 0) is 5.56 Å². The van der Waals surface area contributed by atoms with Gasteiger partial charge in [0, 0.05) is 12.7 Å². The molecule has 0 spiro atoms. The third kappa shape index (κ3) is 1.92. The van der Waals surface area contributed by atoms with E-state index in [4.69, 9.17) is 17.3 Å². The molecule has 1 rings (SSSR count). The molecule has 0 aliphatic carbocycles. The molecule has 1 heterocycles. The fourth-order valence-corrected chi connectivity index (χ4v) is 1.06. The predicted octanol–water partition coefficient (Wildman–Crippen LogP) is 2.27. The van der Waals surface area contributed by atoms with Gasteiger partial charge in [0.1, 0.15) is 0 Å². The molecule has 0 unspecified atom stereocenters. The number of aromatic nitrogens is 1. The third-order valence-electron chi connectivity index (χ3n) is 1.54. The smallest absolute Gasteiger partial charge is 0.267 e. The minimum atomic E-state index is -2.93. The first-order valence-electron chi connectivity index (χ1n) is 3.39. The maximum atomic E-state index is 13.0. The molecule has 0 saturated carbocycles. The van der Waals surface area contributed by atoms with Crippen LogP contribution in [0.4, 0.5) is 13.2 Å². The van der Waals surface area contributed by atoms with Gasteiger partial charge in [-0.2, -0.15) is 0 Å². The molecule has 72 valence electrons. The summed E-state index contributed by atoms with van der Waals surface area (Å²) in [5.41, 5.74) is 4.33. The van der Waals surface area contributed by atoms with Crippen LogP contribution in [0.25, 0.3) is 0 Å². The van der Waals surface area contributed by atoms with E-state index in [1.54, 1.807) is 0 Å². The Labute approximate surface area is 77.5 Å². The predicted molar refractivity (Wildman–Crippen MR) is 42.1 cm³/mol. The first kappa shape index (κ1) is 10.3. The summed E-state index contributed by atoms with van der Waals surface area (Å²) in [7, 11) is 0. The Morgan fingerprint density at radius 2 is 2.15 bits per heavy atom. The van der Waals surface area contributed by atoms with Gasteiger partial charge in [-0.15, -0.1) is 0 Å². The first-order valence-corrected chi connectivity index (χ1v) is 3.76. The van der Waals surface area contributed by atoms with Crippen molar-refractivity contribution in [3.05, 3.63) is 28.3 Å².